The zero-order chi connectivity index (χ0) is 21.1. The molecule has 2 N–H and O–H groups in total. The summed E-state index contributed by atoms with van der Waals surface area (Å²) in [5.41, 5.74) is 4.72. The number of quaternary nitrogens is 1. The Morgan fingerprint density at radius 1 is 0.808 bits per heavy atom. The molecular formula is C17H30F6NPS. The second-order valence-corrected chi connectivity index (χ2v) is 10.7. The van der Waals surface area contributed by atoms with Gasteiger partial charge in [0.25, 0.3) is 0 Å². The van der Waals surface area contributed by atoms with E-state index in [4.69, 9.17) is 0 Å². The third-order valence-electron chi connectivity index (χ3n) is 3.44. The van der Waals surface area contributed by atoms with E-state index in [9.17, 15) is 25.2 Å². The first-order valence-corrected chi connectivity index (χ1v) is 10.9. The summed E-state index contributed by atoms with van der Waals surface area (Å²) in [6, 6.07) is 7.11. The number of thiol groups is 1. The molecule has 0 saturated carbocycles. The Balaban J connectivity index is 0.000000758. The number of nitrogens with two attached hydrogens (primary N) is 1. The van der Waals surface area contributed by atoms with E-state index in [-0.39, 0.29) is 10.8 Å². The molecule has 26 heavy (non-hydrogen) atoms. The molecule has 1 rings (SSSR count). The van der Waals surface area contributed by atoms with Crippen LogP contribution in [-0.2, 0) is 17.4 Å². The van der Waals surface area contributed by atoms with Crippen LogP contribution in [0.2, 0.25) is 0 Å². The number of rotatable bonds is 4. The minimum atomic E-state index is -10.7. The van der Waals surface area contributed by atoms with Gasteiger partial charge in [-0.05, 0) is 34.1 Å². The topological polar surface area (TPSA) is 16.6 Å². The van der Waals surface area contributed by atoms with Crippen molar-refractivity contribution in [3.05, 3.63) is 34.9 Å². The van der Waals surface area contributed by atoms with Gasteiger partial charge < -0.3 is 5.32 Å². The molecule has 0 fully saturated rings. The van der Waals surface area contributed by atoms with Crippen LogP contribution in [0, 0.1) is 0 Å². The Hall–Kier alpha value is -0.460. The Morgan fingerprint density at radius 2 is 1.15 bits per heavy atom. The first kappa shape index (κ1) is 25.5. The fourth-order valence-electron chi connectivity index (χ4n) is 2.04. The maximum atomic E-state index is 9.87. The van der Waals surface area contributed by atoms with Crippen molar-refractivity contribution in [1.82, 2.24) is 0 Å². The molecule has 9 heteroatoms. The SMILES string of the molecule is CC(C)(C)c1cc(C[NH2+]CCS)cc(C(C)(C)C)c1.F[P-](F)(F)(F)(F)F. The number of benzene rings is 1. The average molecular weight is 425 g/mol. The van der Waals surface area contributed by atoms with Crippen molar-refractivity contribution in [1.29, 1.82) is 0 Å². The standard InChI is InChI=1S/C17H29NS.F6P/c1-16(2,3)14-9-13(12-18-7-8-19)10-15(11-14)17(4,5)6;1-7(2,3,4,5)6/h9-11,18-19H,7-8,12H2,1-6H3;/q;-1/p+1. The van der Waals surface area contributed by atoms with Gasteiger partial charge in [-0.2, -0.15) is 12.6 Å². The molecule has 0 bridgehead atoms. The summed E-state index contributed by atoms with van der Waals surface area (Å²) in [6.45, 7) is 15.9. The van der Waals surface area contributed by atoms with Crippen LogP contribution in [0.4, 0.5) is 25.2 Å². The summed E-state index contributed by atoms with van der Waals surface area (Å²) in [5, 5.41) is 2.33. The van der Waals surface area contributed by atoms with Crippen LogP contribution in [0.1, 0.15) is 58.2 Å². The predicted octanol–water partition coefficient (Wildman–Crippen LogP) is 6.66. The summed E-state index contributed by atoms with van der Waals surface area (Å²) in [6.07, 6.45) is 0. The molecule has 0 aliphatic rings. The van der Waals surface area contributed by atoms with Crippen LogP contribution in [0.25, 0.3) is 0 Å². The van der Waals surface area contributed by atoms with Gasteiger partial charge in [0.05, 0.1) is 6.54 Å². The average Bonchev–Trinajstić information content (AvgIpc) is 2.33. The van der Waals surface area contributed by atoms with Gasteiger partial charge in [0.1, 0.15) is 6.54 Å². The van der Waals surface area contributed by atoms with Gasteiger partial charge >= 0.3 is 33.0 Å². The van der Waals surface area contributed by atoms with Gasteiger partial charge in [-0.15, -0.1) is 0 Å². The van der Waals surface area contributed by atoms with Crippen molar-refractivity contribution in [2.45, 2.75) is 58.9 Å². The van der Waals surface area contributed by atoms with E-state index in [0.29, 0.717) is 0 Å². The van der Waals surface area contributed by atoms with E-state index in [1.165, 1.54) is 16.7 Å². The summed E-state index contributed by atoms with van der Waals surface area (Å²) >= 11 is 4.27. The Morgan fingerprint density at radius 3 is 1.42 bits per heavy atom. The monoisotopic (exact) mass is 425 g/mol. The molecule has 0 unspecified atom stereocenters. The molecule has 1 nitrogen and oxygen atoms in total. The normalized spacial score (nSPS) is 15.6. The van der Waals surface area contributed by atoms with Crippen LogP contribution >= 0.6 is 20.4 Å². The van der Waals surface area contributed by atoms with E-state index >= 15 is 0 Å². The predicted molar refractivity (Wildman–Crippen MR) is 102 cm³/mol. The van der Waals surface area contributed by atoms with Gasteiger partial charge in [0, 0.05) is 11.3 Å². The molecule has 0 heterocycles. The molecule has 0 radical (unpaired) electrons. The minimum absolute atomic E-state index is 0.208. The molecular weight excluding hydrogens is 395 g/mol. The molecule has 1 aromatic rings. The molecule has 1 aromatic carbocycles. The van der Waals surface area contributed by atoms with Crippen molar-refractivity contribution in [2.24, 2.45) is 0 Å². The fraction of sp³-hybridized carbons (Fsp3) is 0.647. The van der Waals surface area contributed by atoms with Gasteiger partial charge in [0.15, 0.2) is 0 Å². The third kappa shape index (κ3) is 14.7. The van der Waals surface area contributed by atoms with Crippen LogP contribution in [-0.4, -0.2) is 12.3 Å². The van der Waals surface area contributed by atoms with Crippen molar-refractivity contribution in [2.75, 3.05) is 12.3 Å². The summed E-state index contributed by atoms with van der Waals surface area (Å²) in [4.78, 5) is 0. The summed E-state index contributed by atoms with van der Waals surface area (Å²) < 4.78 is 59.2. The van der Waals surface area contributed by atoms with Gasteiger partial charge in [0.2, 0.25) is 0 Å². The molecule has 0 aliphatic carbocycles. The van der Waals surface area contributed by atoms with E-state index in [1.54, 1.807) is 0 Å². The van der Waals surface area contributed by atoms with Crippen LogP contribution in [0.5, 0.6) is 0 Å². The van der Waals surface area contributed by atoms with Crippen LogP contribution in [0.3, 0.4) is 0 Å². The zero-order valence-electron chi connectivity index (χ0n) is 16.1. The Bertz CT molecular complexity index is 556. The van der Waals surface area contributed by atoms with Crippen LogP contribution in [0.15, 0.2) is 18.2 Å². The second kappa shape index (κ2) is 7.51. The second-order valence-electron chi connectivity index (χ2n) is 8.38. The van der Waals surface area contributed by atoms with Gasteiger partial charge in [-0.1, -0.05) is 47.6 Å². The van der Waals surface area contributed by atoms with E-state index < -0.39 is 7.81 Å². The Labute approximate surface area is 157 Å². The van der Waals surface area contributed by atoms with Gasteiger partial charge in [-0.3, -0.25) is 0 Å². The fourth-order valence-corrected chi connectivity index (χ4v) is 2.22. The summed E-state index contributed by atoms with van der Waals surface area (Å²) in [5.74, 6) is 0.936. The van der Waals surface area contributed by atoms with Gasteiger partial charge in [-0.25, -0.2) is 0 Å². The molecule has 0 spiro atoms. The zero-order valence-corrected chi connectivity index (χ0v) is 17.9. The van der Waals surface area contributed by atoms with Crippen molar-refractivity contribution in [3.8, 4) is 0 Å². The molecule has 156 valence electrons. The maximum absolute atomic E-state index is 10.7. The van der Waals surface area contributed by atoms with Crippen molar-refractivity contribution >= 4 is 20.4 Å². The summed E-state index contributed by atoms with van der Waals surface area (Å²) in [7, 11) is -10.7. The first-order chi connectivity index (χ1) is 11.1. The molecule has 0 atom stereocenters. The molecule has 0 amide bonds. The van der Waals surface area contributed by atoms with Crippen molar-refractivity contribution in [3.63, 3.8) is 0 Å². The number of hydrogen-bond acceptors (Lipinski definition) is 1. The van der Waals surface area contributed by atoms with E-state index in [0.717, 1.165) is 18.8 Å². The Kier molecular flexibility index (Phi) is 7.38. The third-order valence-corrected chi connectivity index (χ3v) is 3.70. The molecule has 0 aliphatic heterocycles. The quantitative estimate of drug-likeness (QED) is 0.232. The van der Waals surface area contributed by atoms with E-state index in [2.05, 4.69) is 77.7 Å². The van der Waals surface area contributed by atoms with Crippen molar-refractivity contribution < 1.29 is 30.5 Å². The van der Waals surface area contributed by atoms with Crippen LogP contribution < -0.4 is 5.32 Å². The number of hydrogen-bond donors (Lipinski definition) is 2. The molecule has 0 saturated heterocycles. The molecule has 0 aromatic heterocycles. The number of halogens is 6. The van der Waals surface area contributed by atoms with E-state index in [1.807, 2.05) is 0 Å². The first-order valence-electron chi connectivity index (χ1n) is 8.23.